The molecule has 0 aliphatic rings. The van der Waals surface area contributed by atoms with Gasteiger partial charge in [-0.05, 0) is 22.6 Å². The zero-order valence-electron chi connectivity index (χ0n) is 9.41. The van der Waals surface area contributed by atoms with Crippen LogP contribution in [0.5, 0.6) is 5.75 Å². The molecule has 0 aliphatic heterocycles. The number of hydrogen-bond acceptors (Lipinski definition) is 6. The summed E-state index contributed by atoms with van der Waals surface area (Å²) >= 11 is 1.54. The molecule has 0 aliphatic carbocycles. The summed E-state index contributed by atoms with van der Waals surface area (Å²) in [4.78, 5) is 0. The summed E-state index contributed by atoms with van der Waals surface area (Å²) in [5, 5.41) is 11.9. The minimum absolute atomic E-state index is 0.561. The largest absolute Gasteiger partial charge is 0.491 e. The number of ether oxygens (including phenoxy) is 1. The van der Waals surface area contributed by atoms with Gasteiger partial charge in [-0.25, -0.2) is 4.68 Å². The van der Waals surface area contributed by atoms with Crippen LogP contribution in [0.25, 0.3) is 0 Å². The van der Waals surface area contributed by atoms with Crippen molar-refractivity contribution in [2.24, 2.45) is 7.05 Å². The number of thioether (sulfide) groups is 1. The monoisotopic (exact) mass is 251 g/mol. The number of nitrogen functional groups attached to an aromatic ring is 1. The third kappa shape index (κ3) is 3.10. The summed E-state index contributed by atoms with van der Waals surface area (Å²) in [5.41, 5.74) is 6.40. The Morgan fingerprint density at radius 1 is 1.41 bits per heavy atom. The fraction of sp³-hybridized carbons (Fsp3) is 0.300. The van der Waals surface area contributed by atoms with Crippen molar-refractivity contribution in [1.82, 2.24) is 20.2 Å². The van der Waals surface area contributed by atoms with E-state index in [2.05, 4.69) is 15.5 Å². The van der Waals surface area contributed by atoms with E-state index in [0.717, 1.165) is 10.9 Å². The molecule has 0 amide bonds. The van der Waals surface area contributed by atoms with Crippen molar-refractivity contribution in [2.45, 2.75) is 5.16 Å². The van der Waals surface area contributed by atoms with E-state index in [1.165, 1.54) is 11.8 Å². The molecular formula is C10H13N5OS. The van der Waals surface area contributed by atoms with Crippen molar-refractivity contribution >= 4 is 17.4 Å². The minimum atomic E-state index is 0.561. The summed E-state index contributed by atoms with van der Waals surface area (Å²) in [5.74, 6) is 1.48. The van der Waals surface area contributed by atoms with Gasteiger partial charge in [-0.3, -0.25) is 0 Å². The second kappa shape index (κ2) is 5.53. The molecule has 1 heterocycles. The van der Waals surface area contributed by atoms with Gasteiger partial charge in [0.2, 0.25) is 5.16 Å². The van der Waals surface area contributed by atoms with Crippen LogP contribution in [0.3, 0.4) is 0 Å². The van der Waals surface area contributed by atoms with E-state index in [1.54, 1.807) is 11.7 Å². The van der Waals surface area contributed by atoms with Crippen LogP contribution in [0.4, 0.5) is 5.69 Å². The molecule has 1 aromatic carbocycles. The molecule has 0 saturated heterocycles. The highest BCUT2D eigenvalue weighted by Gasteiger charge is 2.03. The molecule has 0 atom stereocenters. The van der Waals surface area contributed by atoms with Crippen LogP contribution >= 0.6 is 11.8 Å². The van der Waals surface area contributed by atoms with Gasteiger partial charge in [0.15, 0.2) is 0 Å². The first-order chi connectivity index (χ1) is 8.27. The lowest BCUT2D eigenvalue weighted by atomic mass is 10.3. The van der Waals surface area contributed by atoms with Gasteiger partial charge in [0.05, 0.1) is 12.3 Å². The van der Waals surface area contributed by atoms with E-state index in [-0.39, 0.29) is 0 Å². The van der Waals surface area contributed by atoms with Crippen LogP contribution in [0.1, 0.15) is 0 Å². The molecule has 0 spiro atoms. The molecular weight excluding hydrogens is 238 g/mol. The molecule has 6 nitrogen and oxygen atoms in total. The second-order valence-electron chi connectivity index (χ2n) is 3.32. The fourth-order valence-electron chi connectivity index (χ4n) is 1.24. The lowest BCUT2D eigenvalue weighted by molar-refractivity contribution is 0.345. The van der Waals surface area contributed by atoms with Gasteiger partial charge in [0, 0.05) is 12.8 Å². The van der Waals surface area contributed by atoms with Gasteiger partial charge in [0.1, 0.15) is 5.75 Å². The van der Waals surface area contributed by atoms with Gasteiger partial charge in [0.25, 0.3) is 0 Å². The van der Waals surface area contributed by atoms with Crippen molar-refractivity contribution in [3.63, 3.8) is 0 Å². The predicted octanol–water partition coefficient (Wildman–Crippen LogP) is 0.963. The number of anilines is 1. The lowest BCUT2D eigenvalue weighted by Crippen LogP contribution is -2.03. The van der Waals surface area contributed by atoms with E-state index in [0.29, 0.717) is 18.0 Å². The molecule has 2 rings (SSSR count). The summed E-state index contributed by atoms with van der Waals surface area (Å²) in [6.07, 6.45) is 0. The Labute approximate surface area is 103 Å². The maximum absolute atomic E-state index is 5.75. The Morgan fingerprint density at radius 2 is 2.24 bits per heavy atom. The number of para-hydroxylation sites is 2. The number of benzene rings is 1. The number of hydrogen-bond donors (Lipinski definition) is 1. The molecule has 1 aromatic heterocycles. The fourth-order valence-corrected chi connectivity index (χ4v) is 1.91. The highest BCUT2D eigenvalue weighted by atomic mass is 32.2. The molecule has 7 heteroatoms. The summed E-state index contributed by atoms with van der Waals surface area (Å²) in [7, 11) is 1.80. The van der Waals surface area contributed by atoms with Crippen molar-refractivity contribution in [3.05, 3.63) is 24.3 Å². The Balaban J connectivity index is 1.77. The molecule has 0 unspecified atom stereocenters. The first-order valence-corrected chi connectivity index (χ1v) is 6.08. The Morgan fingerprint density at radius 3 is 2.94 bits per heavy atom. The SMILES string of the molecule is Cn1nnnc1SCCOc1ccccc1N. The minimum Gasteiger partial charge on any atom is -0.491 e. The smallest absolute Gasteiger partial charge is 0.209 e. The van der Waals surface area contributed by atoms with Crippen LogP contribution in [0, 0.1) is 0 Å². The predicted molar refractivity (Wildman–Crippen MR) is 65.9 cm³/mol. The van der Waals surface area contributed by atoms with Gasteiger partial charge >= 0.3 is 0 Å². The third-order valence-corrected chi connectivity index (χ3v) is 3.05. The number of nitrogens with zero attached hydrogens (tertiary/aromatic N) is 4. The number of tetrazole rings is 1. The van der Waals surface area contributed by atoms with Crippen molar-refractivity contribution in [3.8, 4) is 5.75 Å². The second-order valence-corrected chi connectivity index (χ2v) is 4.38. The van der Waals surface area contributed by atoms with Crippen molar-refractivity contribution in [2.75, 3.05) is 18.1 Å². The van der Waals surface area contributed by atoms with E-state index in [1.807, 2.05) is 24.3 Å². The zero-order chi connectivity index (χ0) is 12.1. The normalized spacial score (nSPS) is 10.4. The van der Waals surface area contributed by atoms with E-state index in [9.17, 15) is 0 Å². The Kier molecular flexibility index (Phi) is 3.81. The molecule has 0 radical (unpaired) electrons. The van der Waals surface area contributed by atoms with E-state index >= 15 is 0 Å². The molecule has 90 valence electrons. The van der Waals surface area contributed by atoms with Gasteiger partial charge in [-0.15, -0.1) is 5.10 Å². The molecule has 0 bridgehead atoms. The van der Waals surface area contributed by atoms with E-state index < -0.39 is 0 Å². The molecule has 17 heavy (non-hydrogen) atoms. The van der Waals surface area contributed by atoms with Crippen LogP contribution in [-0.2, 0) is 7.05 Å². The average Bonchev–Trinajstić information content (AvgIpc) is 2.73. The molecule has 2 N–H and O–H groups in total. The maximum Gasteiger partial charge on any atom is 0.209 e. The highest BCUT2D eigenvalue weighted by Crippen LogP contribution is 2.20. The van der Waals surface area contributed by atoms with Crippen LogP contribution in [-0.4, -0.2) is 32.6 Å². The topological polar surface area (TPSA) is 78.8 Å². The molecule has 2 aromatic rings. The first-order valence-electron chi connectivity index (χ1n) is 5.10. The number of nitrogens with two attached hydrogens (primary N) is 1. The Bertz CT molecular complexity index is 487. The summed E-state index contributed by atoms with van der Waals surface area (Å²) in [6.45, 7) is 0.561. The van der Waals surface area contributed by atoms with Crippen LogP contribution < -0.4 is 10.5 Å². The first kappa shape index (κ1) is 11.7. The number of rotatable bonds is 5. The number of aromatic nitrogens is 4. The average molecular weight is 251 g/mol. The zero-order valence-corrected chi connectivity index (χ0v) is 10.2. The molecule has 0 saturated carbocycles. The molecule has 0 fully saturated rings. The summed E-state index contributed by atoms with van der Waals surface area (Å²) in [6, 6.07) is 7.44. The van der Waals surface area contributed by atoms with Gasteiger partial charge in [-0.1, -0.05) is 23.9 Å². The van der Waals surface area contributed by atoms with Gasteiger partial charge < -0.3 is 10.5 Å². The Hall–Kier alpha value is -1.76. The maximum atomic E-state index is 5.75. The van der Waals surface area contributed by atoms with Crippen LogP contribution in [0.15, 0.2) is 29.4 Å². The van der Waals surface area contributed by atoms with Crippen molar-refractivity contribution in [1.29, 1.82) is 0 Å². The highest BCUT2D eigenvalue weighted by molar-refractivity contribution is 7.99. The van der Waals surface area contributed by atoms with E-state index in [4.69, 9.17) is 10.5 Å². The summed E-state index contributed by atoms with van der Waals surface area (Å²) < 4.78 is 7.18. The standard InChI is InChI=1S/C10H13N5OS/c1-15-10(12-13-14-15)17-7-6-16-9-5-3-2-4-8(9)11/h2-5H,6-7,11H2,1H3. The number of aryl methyl sites for hydroxylation is 1. The van der Waals surface area contributed by atoms with Gasteiger partial charge in [-0.2, -0.15) is 0 Å². The lowest BCUT2D eigenvalue weighted by Gasteiger charge is -2.07. The van der Waals surface area contributed by atoms with Crippen molar-refractivity contribution < 1.29 is 4.74 Å². The third-order valence-electron chi connectivity index (χ3n) is 2.07. The quantitative estimate of drug-likeness (QED) is 0.484. The van der Waals surface area contributed by atoms with Crippen LogP contribution in [0.2, 0.25) is 0 Å².